The third-order valence-electron chi connectivity index (χ3n) is 3.70. The number of aromatic nitrogens is 2. The topological polar surface area (TPSA) is 29.9 Å². The normalized spacial score (nSPS) is 15.7. The van der Waals surface area contributed by atoms with Gasteiger partial charge in [0.05, 0.1) is 5.69 Å². The molecule has 2 aromatic rings. The van der Waals surface area contributed by atoms with Gasteiger partial charge in [-0.1, -0.05) is 36.7 Å². The van der Waals surface area contributed by atoms with Crippen molar-refractivity contribution in [3.05, 3.63) is 46.6 Å². The first-order chi connectivity index (χ1) is 9.29. The number of hydrogen-bond donors (Lipinski definition) is 1. The zero-order valence-corrected chi connectivity index (χ0v) is 11.8. The Morgan fingerprint density at radius 3 is 3.00 bits per heavy atom. The van der Waals surface area contributed by atoms with E-state index in [0.717, 1.165) is 42.5 Å². The summed E-state index contributed by atoms with van der Waals surface area (Å²) in [5.74, 6) is 1.40. The smallest absolute Gasteiger partial charge is 0.124 e. The number of halogens is 1. The molecule has 2 heterocycles. The number of hydrogen-bond acceptors (Lipinski definition) is 2. The molecule has 0 amide bonds. The molecule has 4 heteroatoms. The lowest BCUT2D eigenvalue weighted by atomic mass is 9.93. The van der Waals surface area contributed by atoms with E-state index in [1.807, 2.05) is 18.2 Å². The van der Waals surface area contributed by atoms with Crippen molar-refractivity contribution in [1.82, 2.24) is 9.78 Å². The Kier molecular flexibility index (Phi) is 3.47. The lowest BCUT2D eigenvalue weighted by Crippen LogP contribution is -2.17. The van der Waals surface area contributed by atoms with Gasteiger partial charge in [-0.05, 0) is 24.5 Å². The molecule has 1 unspecified atom stereocenters. The number of nitrogens with one attached hydrogen (secondary N) is 1. The minimum Gasteiger partial charge on any atom is -0.370 e. The van der Waals surface area contributed by atoms with Crippen molar-refractivity contribution < 1.29 is 0 Å². The molecule has 1 aromatic heterocycles. The third kappa shape index (κ3) is 2.35. The second kappa shape index (κ2) is 5.25. The van der Waals surface area contributed by atoms with Gasteiger partial charge in [-0.25, -0.2) is 4.68 Å². The molecule has 3 rings (SSSR count). The predicted octanol–water partition coefficient (Wildman–Crippen LogP) is 3.89. The van der Waals surface area contributed by atoms with E-state index in [2.05, 4.69) is 29.1 Å². The predicted molar refractivity (Wildman–Crippen MR) is 78.9 cm³/mol. The van der Waals surface area contributed by atoms with Crippen molar-refractivity contribution in [3.63, 3.8) is 0 Å². The monoisotopic (exact) mass is 275 g/mol. The van der Waals surface area contributed by atoms with Gasteiger partial charge in [-0.2, -0.15) is 5.10 Å². The molecule has 0 aliphatic carbocycles. The zero-order chi connectivity index (χ0) is 13.2. The minimum absolute atomic E-state index is 0.272. The fourth-order valence-corrected chi connectivity index (χ4v) is 2.98. The molecule has 1 N–H and O–H groups in total. The molecule has 1 aromatic carbocycles. The molecular formula is C15H18ClN3. The number of fused-ring (bicyclic) bond motifs is 1. The molecule has 3 nitrogen and oxygen atoms in total. The summed E-state index contributed by atoms with van der Waals surface area (Å²) in [6.45, 7) is 4.22. The Bertz CT molecular complexity index is 553. The molecule has 0 saturated heterocycles. The van der Waals surface area contributed by atoms with Crippen molar-refractivity contribution in [2.45, 2.75) is 32.2 Å². The number of rotatable bonds is 3. The highest BCUT2D eigenvalue weighted by atomic mass is 35.5. The van der Waals surface area contributed by atoms with Crippen LogP contribution >= 0.6 is 11.6 Å². The van der Waals surface area contributed by atoms with Crippen LogP contribution in [0.3, 0.4) is 0 Å². The van der Waals surface area contributed by atoms with Crippen LogP contribution < -0.4 is 5.32 Å². The van der Waals surface area contributed by atoms with Gasteiger partial charge in [0.15, 0.2) is 0 Å². The van der Waals surface area contributed by atoms with E-state index in [4.69, 9.17) is 16.7 Å². The van der Waals surface area contributed by atoms with Gasteiger partial charge in [0.1, 0.15) is 5.82 Å². The van der Waals surface area contributed by atoms with Crippen LogP contribution in [0.15, 0.2) is 30.3 Å². The van der Waals surface area contributed by atoms with Crippen LogP contribution in [0.1, 0.15) is 36.9 Å². The molecule has 0 radical (unpaired) electrons. The summed E-state index contributed by atoms with van der Waals surface area (Å²) in [4.78, 5) is 0. The Morgan fingerprint density at radius 1 is 1.42 bits per heavy atom. The minimum atomic E-state index is 0.272. The molecule has 0 saturated carbocycles. The average Bonchev–Trinajstić information content (AvgIpc) is 2.85. The van der Waals surface area contributed by atoms with Crippen LogP contribution in [-0.4, -0.2) is 16.3 Å². The van der Waals surface area contributed by atoms with Crippen molar-refractivity contribution in [3.8, 4) is 0 Å². The van der Waals surface area contributed by atoms with Gasteiger partial charge in [-0.3, -0.25) is 0 Å². The molecule has 100 valence electrons. The maximum absolute atomic E-state index is 6.32. The molecule has 0 spiro atoms. The fraction of sp³-hybridized carbons (Fsp3) is 0.400. The van der Waals surface area contributed by atoms with E-state index in [1.54, 1.807) is 0 Å². The second-order valence-electron chi connectivity index (χ2n) is 4.94. The Labute approximate surface area is 118 Å². The molecule has 1 aliphatic heterocycles. The highest BCUT2D eigenvalue weighted by Crippen LogP contribution is 2.33. The molecule has 0 fully saturated rings. The highest BCUT2D eigenvalue weighted by Gasteiger charge is 2.20. The third-order valence-corrected chi connectivity index (χ3v) is 4.04. The van der Waals surface area contributed by atoms with E-state index >= 15 is 0 Å². The summed E-state index contributed by atoms with van der Waals surface area (Å²) >= 11 is 6.32. The maximum Gasteiger partial charge on any atom is 0.124 e. The van der Waals surface area contributed by atoms with E-state index in [1.165, 1.54) is 5.56 Å². The van der Waals surface area contributed by atoms with Gasteiger partial charge < -0.3 is 5.32 Å². The quantitative estimate of drug-likeness (QED) is 0.921. The van der Waals surface area contributed by atoms with Crippen LogP contribution in [-0.2, 0) is 6.54 Å². The standard InChI is InChI=1S/C15H18ClN3/c1-2-11(12-6-3-4-7-13(12)16)14-10-15-17-8-5-9-19(15)18-14/h3-4,6-7,10-11,17H,2,5,8-9H2,1H3. The van der Waals surface area contributed by atoms with Crippen LogP contribution in [0, 0.1) is 0 Å². The summed E-state index contributed by atoms with van der Waals surface area (Å²) in [7, 11) is 0. The van der Waals surface area contributed by atoms with Crippen molar-refractivity contribution in [2.24, 2.45) is 0 Å². The second-order valence-corrected chi connectivity index (χ2v) is 5.35. The molecule has 1 aliphatic rings. The van der Waals surface area contributed by atoms with Gasteiger partial charge in [0.2, 0.25) is 0 Å². The number of benzene rings is 1. The van der Waals surface area contributed by atoms with E-state index in [9.17, 15) is 0 Å². The number of nitrogens with zero attached hydrogens (tertiary/aromatic N) is 2. The van der Waals surface area contributed by atoms with E-state index < -0.39 is 0 Å². The Morgan fingerprint density at radius 2 is 2.26 bits per heavy atom. The molecular weight excluding hydrogens is 258 g/mol. The molecule has 1 atom stereocenters. The van der Waals surface area contributed by atoms with Gasteiger partial charge in [0, 0.05) is 30.1 Å². The first-order valence-corrected chi connectivity index (χ1v) is 7.23. The van der Waals surface area contributed by atoms with Crippen LogP contribution in [0.5, 0.6) is 0 Å². The van der Waals surface area contributed by atoms with Crippen LogP contribution in [0.2, 0.25) is 5.02 Å². The Balaban J connectivity index is 1.98. The number of aryl methyl sites for hydroxylation is 1. The molecule has 0 bridgehead atoms. The van der Waals surface area contributed by atoms with Crippen LogP contribution in [0.25, 0.3) is 0 Å². The highest BCUT2D eigenvalue weighted by molar-refractivity contribution is 6.31. The first kappa shape index (κ1) is 12.5. The average molecular weight is 276 g/mol. The van der Waals surface area contributed by atoms with Gasteiger partial charge in [-0.15, -0.1) is 0 Å². The van der Waals surface area contributed by atoms with Crippen LogP contribution in [0.4, 0.5) is 5.82 Å². The Hall–Kier alpha value is -1.48. The van der Waals surface area contributed by atoms with Gasteiger partial charge in [0.25, 0.3) is 0 Å². The summed E-state index contributed by atoms with van der Waals surface area (Å²) in [6, 6.07) is 10.2. The summed E-state index contributed by atoms with van der Waals surface area (Å²) in [5.41, 5.74) is 2.28. The maximum atomic E-state index is 6.32. The summed E-state index contributed by atoms with van der Waals surface area (Å²) < 4.78 is 2.07. The first-order valence-electron chi connectivity index (χ1n) is 6.85. The van der Waals surface area contributed by atoms with E-state index in [-0.39, 0.29) is 5.92 Å². The van der Waals surface area contributed by atoms with Gasteiger partial charge >= 0.3 is 0 Å². The van der Waals surface area contributed by atoms with Crippen molar-refractivity contribution >= 4 is 17.4 Å². The lowest BCUT2D eigenvalue weighted by molar-refractivity contribution is 0.555. The van der Waals surface area contributed by atoms with E-state index in [0.29, 0.717) is 0 Å². The summed E-state index contributed by atoms with van der Waals surface area (Å²) in [5, 5.41) is 8.96. The lowest BCUT2D eigenvalue weighted by Gasteiger charge is -2.15. The summed E-state index contributed by atoms with van der Waals surface area (Å²) in [6.07, 6.45) is 2.14. The zero-order valence-electron chi connectivity index (χ0n) is 11.1. The SMILES string of the molecule is CCC(c1cc2n(n1)CCCN2)c1ccccc1Cl. The van der Waals surface area contributed by atoms with Crippen molar-refractivity contribution in [2.75, 3.05) is 11.9 Å². The molecule has 19 heavy (non-hydrogen) atoms. The largest absolute Gasteiger partial charge is 0.370 e. The van der Waals surface area contributed by atoms with Crippen molar-refractivity contribution in [1.29, 1.82) is 0 Å². The fourth-order valence-electron chi connectivity index (χ4n) is 2.71. The number of anilines is 1.